The molecule has 122 valence electrons. The van der Waals surface area contributed by atoms with Gasteiger partial charge in [0.2, 0.25) is 0 Å². The van der Waals surface area contributed by atoms with E-state index in [1.54, 1.807) is 6.07 Å². The quantitative estimate of drug-likeness (QED) is 0.487. The summed E-state index contributed by atoms with van der Waals surface area (Å²) < 4.78 is 5.03. The topological polar surface area (TPSA) is 109 Å². The van der Waals surface area contributed by atoms with E-state index in [9.17, 15) is 19.6 Å². The van der Waals surface area contributed by atoms with Crippen LogP contribution in [-0.2, 0) is 0 Å². The van der Waals surface area contributed by atoms with Crippen LogP contribution in [-0.4, -0.2) is 46.0 Å². The zero-order valence-electron chi connectivity index (χ0n) is 12.6. The van der Waals surface area contributed by atoms with Crippen LogP contribution in [0.15, 0.2) is 42.7 Å². The molecule has 1 aliphatic rings. The molecule has 1 aliphatic carbocycles. The van der Waals surface area contributed by atoms with Crippen molar-refractivity contribution in [2.45, 2.75) is 6.04 Å². The lowest BCUT2D eigenvalue weighted by molar-refractivity contribution is -0.0996. The zero-order chi connectivity index (χ0) is 17.3. The van der Waals surface area contributed by atoms with E-state index in [0.29, 0.717) is 5.75 Å². The molecular weight excluding hydrogens is 314 g/mol. The second-order valence-corrected chi connectivity index (χ2v) is 5.05. The number of hydrazine groups is 1. The van der Waals surface area contributed by atoms with Crippen LogP contribution in [0.2, 0.25) is 0 Å². The molecule has 1 amide bonds. The third-order valence-electron chi connectivity index (χ3n) is 3.65. The molecule has 0 saturated heterocycles. The van der Waals surface area contributed by atoms with Crippen LogP contribution in [0.3, 0.4) is 0 Å². The fourth-order valence-corrected chi connectivity index (χ4v) is 2.41. The fourth-order valence-electron chi connectivity index (χ4n) is 2.41. The van der Waals surface area contributed by atoms with Gasteiger partial charge in [0.15, 0.2) is 17.6 Å². The van der Waals surface area contributed by atoms with Crippen molar-refractivity contribution >= 4 is 17.5 Å². The van der Waals surface area contributed by atoms with Crippen LogP contribution in [0.25, 0.3) is 0 Å². The number of aromatic nitrogens is 1. The molecule has 3 rings (SSSR count). The number of nitrogens with one attached hydrogen (secondary N) is 1. The highest BCUT2D eigenvalue weighted by molar-refractivity contribution is 6.29. The minimum absolute atomic E-state index is 0.138. The maximum Gasteiger partial charge on any atom is 0.292 e. The van der Waals surface area contributed by atoms with Crippen LogP contribution in [0.1, 0.15) is 31.1 Å². The number of hydrogen-bond acceptors (Lipinski definition) is 7. The molecule has 8 heteroatoms. The van der Waals surface area contributed by atoms with Gasteiger partial charge in [-0.2, -0.15) is 5.43 Å². The van der Waals surface area contributed by atoms with E-state index < -0.39 is 23.5 Å². The lowest BCUT2D eigenvalue weighted by atomic mass is 10.1. The van der Waals surface area contributed by atoms with Gasteiger partial charge in [0.25, 0.3) is 5.91 Å². The van der Waals surface area contributed by atoms with Crippen molar-refractivity contribution < 1.29 is 24.3 Å². The Morgan fingerprint density at radius 3 is 2.50 bits per heavy atom. The van der Waals surface area contributed by atoms with Crippen molar-refractivity contribution in [3.05, 3.63) is 59.4 Å². The van der Waals surface area contributed by atoms with Gasteiger partial charge in [-0.25, -0.2) is 0 Å². The Bertz CT molecular complexity index is 822. The van der Waals surface area contributed by atoms with Gasteiger partial charge in [0, 0.05) is 29.1 Å². The summed E-state index contributed by atoms with van der Waals surface area (Å²) in [4.78, 5) is 40.5. The molecule has 1 unspecified atom stereocenters. The van der Waals surface area contributed by atoms with Crippen LogP contribution >= 0.6 is 0 Å². The third-order valence-corrected chi connectivity index (χ3v) is 3.65. The van der Waals surface area contributed by atoms with Crippen molar-refractivity contribution in [2.75, 3.05) is 7.11 Å². The van der Waals surface area contributed by atoms with Gasteiger partial charge in [-0.15, -0.1) is 5.17 Å². The molecule has 0 radical (unpaired) electrons. The normalized spacial score (nSPS) is 16.0. The fraction of sp³-hybridized carbons (Fsp3) is 0.125. The van der Waals surface area contributed by atoms with Crippen molar-refractivity contribution in [3.63, 3.8) is 0 Å². The number of fused-ring (bicyclic) bond motifs is 1. The number of carbonyl (C=O) groups excluding carboxylic acids is 3. The van der Waals surface area contributed by atoms with E-state index in [2.05, 4.69) is 10.4 Å². The average Bonchev–Trinajstić information content (AvgIpc) is 2.86. The molecule has 0 spiro atoms. The number of ether oxygens (including phenoxy) is 1. The second-order valence-electron chi connectivity index (χ2n) is 5.05. The molecule has 1 atom stereocenters. The van der Waals surface area contributed by atoms with Gasteiger partial charge < -0.3 is 4.74 Å². The van der Waals surface area contributed by atoms with Crippen molar-refractivity contribution in [1.82, 2.24) is 15.6 Å². The predicted octanol–water partition coefficient (Wildman–Crippen LogP) is 0.874. The number of carbonyl (C=O) groups is 3. The highest BCUT2D eigenvalue weighted by Gasteiger charge is 2.40. The summed E-state index contributed by atoms with van der Waals surface area (Å²) in [6.45, 7) is 0. The Labute approximate surface area is 136 Å². The number of amides is 1. The molecule has 0 bridgehead atoms. The number of rotatable bonds is 4. The summed E-state index contributed by atoms with van der Waals surface area (Å²) in [5.41, 5.74) is 2.78. The SMILES string of the molecule is COc1ccc2c(c1)C(=O)C(NN(O)C(=O)c1ccncc1)C2=O. The number of pyridine rings is 1. The number of Topliss-reactive ketones (excluding diaryl/α,β-unsaturated/α-hetero) is 2. The van der Waals surface area contributed by atoms with Gasteiger partial charge in [-0.3, -0.25) is 24.6 Å². The van der Waals surface area contributed by atoms with Gasteiger partial charge >= 0.3 is 0 Å². The molecule has 0 fully saturated rings. The van der Waals surface area contributed by atoms with E-state index in [0.717, 1.165) is 0 Å². The third kappa shape index (κ3) is 2.64. The van der Waals surface area contributed by atoms with Crippen molar-refractivity contribution in [1.29, 1.82) is 0 Å². The summed E-state index contributed by atoms with van der Waals surface area (Å²) >= 11 is 0. The van der Waals surface area contributed by atoms with Gasteiger partial charge in [-0.1, -0.05) is 0 Å². The molecule has 0 aliphatic heterocycles. The minimum atomic E-state index is -1.37. The maximum absolute atomic E-state index is 12.4. The van der Waals surface area contributed by atoms with Gasteiger partial charge in [0.1, 0.15) is 5.75 Å². The zero-order valence-corrected chi connectivity index (χ0v) is 12.6. The van der Waals surface area contributed by atoms with E-state index in [1.807, 2.05) is 0 Å². The Morgan fingerprint density at radius 1 is 1.17 bits per heavy atom. The molecule has 2 N–H and O–H groups in total. The van der Waals surface area contributed by atoms with Crippen LogP contribution < -0.4 is 10.2 Å². The van der Waals surface area contributed by atoms with E-state index >= 15 is 0 Å². The molecule has 0 saturated carbocycles. The largest absolute Gasteiger partial charge is 0.497 e. The first-order valence-corrected chi connectivity index (χ1v) is 6.99. The number of nitrogens with zero attached hydrogens (tertiary/aromatic N) is 2. The smallest absolute Gasteiger partial charge is 0.292 e. The lowest BCUT2D eigenvalue weighted by Crippen LogP contribution is -2.50. The summed E-state index contributed by atoms with van der Waals surface area (Å²) in [6, 6.07) is 5.90. The first-order chi connectivity index (χ1) is 11.5. The van der Waals surface area contributed by atoms with Crippen LogP contribution in [0.5, 0.6) is 5.75 Å². The molecule has 1 heterocycles. The molecule has 24 heavy (non-hydrogen) atoms. The minimum Gasteiger partial charge on any atom is -0.497 e. The Morgan fingerprint density at radius 2 is 1.83 bits per heavy atom. The lowest BCUT2D eigenvalue weighted by Gasteiger charge is -2.18. The van der Waals surface area contributed by atoms with Crippen LogP contribution in [0.4, 0.5) is 0 Å². The predicted molar refractivity (Wildman–Crippen MR) is 80.8 cm³/mol. The molecular formula is C16H13N3O5. The van der Waals surface area contributed by atoms with Crippen molar-refractivity contribution in [2.24, 2.45) is 0 Å². The molecule has 2 aromatic rings. The van der Waals surface area contributed by atoms with E-state index in [4.69, 9.17) is 4.74 Å². The van der Waals surface area contributed by atoms with Gasteiger partial charge in [0.05, 0.1) is 7.11 Å². The standard InChI is InChI=1S/C16H13N3O5/c1-24-10-2-3-11-12(8-10)15(21)13(14(11)20)18-19(23)16(22)9-4-6-17-7-5-9/h2-8,13,18,23H,1H3. The van der Waals surface area contributed by atoms with Crippen molar-refractivity contribution in [3.8, 4) is 5.75 Å². The maximum atomic E-state index is 12.4. The Balaban J connectivity index is 1.80. The molecule has 8 nitrogen and oxygen atoms in total. The Kier molecular flexibility index (Phi) is 4.07. The number of hydrogen-bond donors (Lipinski definition) is 2. The van der Waals surface area contributed by atoms with E-state index in [1.165, 1.54) is 43.8 Å². The summed E-state index contributed by atoms with van der Waals surface area (Å²) in [7, 11) is 1.45. The Hall–Kier alpha value is -3.10. The number of benzene rings is 1. The first kappa shape index (κ1) is 15.8. The summed E-state index contributed by atoms with van der Waals surface area (Å²) in [5.74, 6) is -1.45. The number of methoxy groups -OCH3 is 1. The molecule has 1 aromatic heterocycles. The van der Waals surface area contributed by atoms with Crippen LogP contribution in [0, 0.1) is 0 Å². The highest BCUT2D eigenvalue weighted by Crippen LogP contribution is 2.26. The average molecular weight is 327 g/mol. The monoisotopic (exact) mass is 327 g/mol. The first-order valence-electron chi connectivity index (χ1n) is 6.99. The van der Waals surface area contributed by atoms with Gasteiger partial charge in [-0.05, 0) is 30.3 Å². The number of hydroxylamine groups is 1. The van der Waals surface area contributed by atoms with E-state index in [-0.39, 0.29) is 21.9 Å². The number of ketones is 2. The molecule has 1 aromatic carbocycles. The second kappa shape index (κ2) is 6.19. The summed E-state index contributed by atoms with van der Waals surface area (Å²) in [6.07, 6.45) is 2.77. The summed E-state index contributed by atoms with van der Waals surface area (Å²) in [5, 5.41) is 10.0. The highest BCUT2D eigenvalue weighted by atomic mass is 16.6.